The van der Waals surface area contributed by atoms with Gasteiger partial charge in [0.15, 0.2) is 0 Å². The average Bonchev–Trinajstić information content (AvgIpc) is 2.47. The minimum Gasteiger partial charge on any atom is -0.381 e. The summed E-state index contributed by atoms with van der Waals surface area (Å²) in [7, 11) is 0. The van der Waals surface area contributed by atoms with Gasteiger partial charge in [-0.2, -0.15) is 5.26 Å². The largest absolute Gasteiger partial charge is 0.381 e. The zero-order valence-electron chi connectivity index (χ0n) is 11.0. The lowest BCUT2D eigenvalue weighted by atomic mass is 10.0. The second-order valence-corrected chi connectivity index (χ2v) is 5.08. The van der Waals surface area contributed by atoms with E-state index in [1.54, 1.807) is 0 Å². The summed E-state index contributed by atoms with van der Waals surface area (Å²) in [6.07, 6.45) is 1.94. The van der Waals surface area contributed by atoms with Crippen molar-refractivity contribution in [3.05, 3.63) is 0 Å². The van der Waals surface area contributed by atoms with Gasteiger partial charge in [-0.05, 0) is 19.8 Å². The van der Waals surface area contributed by atoms with E-state index in [-0.39, 0.29) is 17.9 Å². The van der Waals surface area contributed by atoms with E-state index in [1.807, 2.05) is 11.8 Å². The van der Waals surface area contributed by atoms with Crippen LogP contribution in [-0.2, 0) is 9.53 Å². The van der Waals surface area contributed by atoms with Crippen molar-refractivity contribution in [2.75, 3.05) is 39.4 Å². The predicted molar refractivity (Wildman–Crippen MR) is 66.8 cm³/mol. The first-order valence-corrected chi connectivity index (χ1v) is 6.72. The normalized spacial score (nSPS) is 27.6. The van der Waals surface area contributed by atoms with Crippen molar-refractivity contribution >= 4 is 5.91 Å². The number of hydrogen-bond donors (Lipinski definition) is 0. The van der Waals surface area contributed by atoms with Crippen LogP contribution in [0.3, 0.4) is 0 Å². The summed E-state index contributed by atoms with van der Waals surface area (Å²) in [5.74, 6) is 0.289. The molecule has 0 spiro atoms. The lowest BCUT2D eigenvalue weighted by Gasteiger charge is -2.37. The van der Waals surface area contributed by atoms with E-state index >= 15 is 0 Å². The van der Waals surface area contributed by atoms with Crippen molar-refractivity contribution in [3.63, 3.8) is 0 Å². The Bertz CT molecular complexity index is 326. The van der Waals surface area contributed by atoms with Gasteiger partial charge < -0.3 is 9.64 Å². The van der Waals surface area contributed by atoms with Gasteiger partial charge in [-0.3, -0.25) is 9.69 Å². The fourth-order valence-corrected chi connectivity index (χ4v) is 2.60. The van der Waals surface area contributed by atoms with Crippen molar-refractivity contribution in [1.29, 1.82) is 5.26 Å². The van der Waals surface area contributed by atoms with Crippen molar-refractivity contribution in [3.8, 4) is 6.07 Å². The van der Waals surface area contributed by atoms with E-state index in [4.69, 9.17) is 10.00 Å². The van der Waals surface area contributed by atoms with Gasteiger partial charge in [-0.15, -0.1) is 0 Å². The Morgan fingerprint density at radius 2 is 2.11 bits per heavy atom. The number of carbonyl (C=O) groups excluding carboxylic acids is 1. The molecule has 0 N–H and O–H groups in total. The van der Waals surface area contributed by atoms with Crippen molar-refractivity contribution in [2.45, 2.75) is 25.8 Å². The van der Waals surface area contributed by atoms with Crippen LogP contribution in [-0.4, -0.2) is 61.1 Å². The maximum Gasteiger partial charge on any atom is 0.228 e. The monoisotopic (exact) mass is 251 g/mol. The predicted octanol–water partition coefficient (Wildman–Crippen LogP) is 0.469. The van der Waals surface area contributed by atoms with Gasteiger partial charge in [-0.25, -0.2) is 0 Å². The molecular formula is C13H21N3O2. The number of hydrogen-bond acceptors (Lipinski definition) is 4. The first-order valence-electron chi connectivity index (χ1n) is 6.72. The van der Waals surface area contributed by atoms with Crippen LogP contribution >= 0.6 is 0 Å². The van der Waals surface area contributed by atoms with Crippen LogP contribution in [0.1, 0.15) is 19.8 Å². The van der Waals surface area contributed by atoms with Crippen LogP contribution in [0, 0.1) is 17.2 Å². The van der Waals surface area contributed by atoms with E-state index in [0.29, 0.717) is 6.61 Å². The zero-order chi connectivity index (χ0) is 13.0. The van der Waals surface area contributed by atoms with E-state index in [1.165, 1.54) is 0 Å². The second-order valence-electron chi connectivity index (χ2n) is 5.08. The molecular weight excluding hydrogens is 230 g/mol. The third-order valence-electron chi connectivity index (χ3n) is 3.87. The quantitative estimate of drug-likeness (QED) is 0.716. The summed E-state index contributed by atoms with van der Waals surface area (Å²) >= 11 is 0. The number of nitrogens with zero attached hydrogens (tertiary/aromatic N) is 3. The van der Waals surface area contributed by atoms with Gasteiger partial charge in [0.2, 0.25) is 5.91 Å². The molecule has 0 bridgehead atoms. The van der Waals surface area contributed by atoms with Crippen LogP contribution < -0.4 is 0 Å². The molecule has 0 aliphatic carbocycles. The van der Waals surface area contributed by atoms with Crippen LogP contribution in [0.2, 0.25) is 0 Å². The summed E-state index contributed by atoms with van der Waals surface area (Å²) in [5.41, 5.74) is 0. The molecule has 2 saturated heterocycles. The molecule has 100 valence electrons. The Balaban J connectivity index is 1.82. The molecule has 0 saturated carbocycles. The Labute approximate surface area is 108 Å². The minimum atomic E-state index is -0.0553. The number of rotatable bonds is 2. The minimum absolute atomic E-state index is 0.0543. The maximum atomic E-state index is 12.3. The molecule has 2 aliphatic rings. The van der Waals surface area contributed by atoms with Gasteiger partial charge in [-0.1, -0.05) is 0 Å². The Hall–Kier alpha value is -1.12. The molecule has 5 heteroatoms. The molecule has 0 aromatic heterocycles. The first kappa shape index (κ1) is 13.3. The van der Waals surface area contributed by atoms with Crippen molar-refractivity contribution in [1.82, 2.24) is 9.80 Å². The molecule has 0 radical (unpaired) electrons. The SMILES string of the molecule is CC(C#N)N1CCN(C(=O)C2CCCOC2)CC1. The summed E-state index contributed by atoms with van der Waals surface area (Å²) in [4.78, 5) is 16.3. The molecule has 18 heavy (non-hydrogen) atoms. The van der Waals surface area contributed by atoms with E-state index < -0.39 is 0 Å². The fraction of sp³-hybridized carbons (Fsp3) is 0.846. The number of amides is 1. The molecule has 2 atom stereocenters. The van der Waals surface area contributed by atoms with Crippen molar-refractivity contribution in [2.24, 2.45) is 5.92 Å². The van der Waals surface area contributed by atoms with Gasteiger partial charge in [0.1, 0.15) is 0 Å². The third-order valence-corrected chi connectivity index (χ3v) is 3.87. The van der Waals surface area contributed by atoms with E-state index in [9.17, 15) is 4.79 Å². The number of ether oxygens (including phenoxy) is 1. The summed E-state index contributed by atoms with van der Waals surface area (Å²) in [5, 5.41) is 8.88. The van der Waals surface area contributed by atoms with Gasteiger partial charge in [0.25, 0.3) is 0 Å². The Morgan fingerprint density at radius 3 is 2.67 bits per heavy atom. The van der Waals surface area contributed by atoms with Crippen LogP contribution in [0.4, 0.5) is 0 Å². The Kier molecular flexibility index (Phi) is 4.56. The lowest BCUT2D eigenvalue weighted by Crippen LogP contribution is -2.53. The molecule has 0 aromatic rings. The highest BCUT2D eigenvalue weighted by atomic mass is 16.5. The first-order chi connectivity index (χ1) is 8.72. The highest BCUT2D eigenvalue weighted by molar-refractivity contribution is 5.79. The second kappa shape index (κ2) is 6.17. The van der Waals surface area contributed by atoms with Gasteiger partial charge in [0, 0.05) is 32.8 Å². The molecule has 5 nitrogen and oxygen atoms in total. The summed E-state index contributed by atoms with van der Waals surface area (Å²) < 4.78 is 5.37. The summed E-state index contributed by atoms with van der Waals surface area (Å²) in [6.45, 7) is 6.35. The standard InChI is InChI=1S/C13H21N3O2/c1-11(9-14)15-4-6-16(7-5-15)13(17)12-3-2-8-18-10-12/h11-12H,2-8,10H2,1H3. The topological polar surface area (TPSA) is 56.6 Å². The van der Waals surface area contributed by atoms with Gasteiger partial charge in [0.05, 0.1) is 24.6 Å². The molecule has 2 unspecified atom stereocenters. The van der Waals surface area contributed by atoms with E-state index in [2.05, 4.69) is 11.0 Å². The van der Waals surface area contributed by atoms with Crippen molar-refractivity contribution < 1.29 is 9.53 Å². The molecule has 1 amide bonds. The maximum absolute atomic E-state index is 12.3. The molecule has 2 rings (SSSR count). The third kappa shape index (κ3) is 3.01. The van der Waals surface area contributed by atoms with Crippen LogP contribution in [0.15, 0.2) is 0 Å². The zero-order valence-corrected chi connectivity index (χ0v) is 11.0. The molecule has 2 fully saturated rings. The average molecular weight is 251 g/mol. The Morgan fingerprint density at radius 1 is 1.39 bits per heavy atom. The number of carbonyl (C=O) groups is 1. The smallest absolute Gasteiger partial charge is 0.228 e. The van der Waals surface area contributed by atoms with E-state index in [0.717, 1.165) is 45.6 Å². The molecule has 2 heterocycles. The highest BCUT2D eigenvalue weighted by Crippen LogP contribution is 2.17. The summed E-state index contributed by atoms with van der Waals surface area (Å²) in [6, 6.07) is 2.19. The molecule has 0 aromatic carbocycles. The fourth-order valence-electron chi connectivity index (χ4n) is 2.60. The van der Waals surface area contributed by atoms with Gasteiger partial charge >= 0.3 is 0 Å². The highest BCUT2D eigenvalue weighted by Gasteiger charge is 2.29. The number of piperazine rings is 1. The lowest BCUT2D eigenvalue weighted by molar-refractivity contribution is -0.141. The van der Waals surface area contributed by atoms with Crippen LogP contribution in [0.25, 0.3) is 0 Å². The number of nitriles is 1. The molecule has 2 aliphatic heterocycles. The van der Waals surface area contributed by atoms with Crippen LogP contribution in [0.5, 0.6) is 0 Å².